The van der Waals surface area contributed by atoms with Crippen LogP contribution in [0.2, 0.25) is 0 Å². The second kappa shape index (κ2) is 9.00. The minimum absolute atomic E-state index is 0.0729. The van der Waals surface area contributed by atoms with Crippen molar-refractivity contribution in [3.8, 4) is 0 Å². The minimum atomic E-state index is -0.233. The molecule has 0 radical (unpaired) electrons. The SMILES string of the molecule is CCCCCCC(C)(CCCCC)c1c(I)n[nH]c1F. The molecule has 1 heterocycles. The molecule has 0 aliphatic rings. The van der Waals surface area contributed by atoms with Crippen LogP contribution in [0.3, 0.4) is 0 Å². The predicted octanol–water partition coefficient (Wildman–Crippen LogP) is 5.96. The van der Waals surface area contributed by atoms with Gasteiger partial charge in [0.1, 0.15) is 3.70 Å². The maximum absolute atomic E-state index is 14.1. The molecule has 0 aromatic carbocycles. The van der Waals surface area contributed by atoms with Gasteiger partial charge in [-0.2, -0.15) is 9.49 Å². The zero-order valence-electron chi connectivity index (χ0n) is 13.1. The first kappa shape index (κ1) is 17.9. The number of aromatic amines is 1. The van der Waals surface area contributed by atoms with Crippen molar-refractivity contribution in [3.63, 3.8) is 0 Å². The fourth-order valence-electron chi connectivity index (χ4n) is 2.90. The van der Waals surface area contributed by atoms with Crippen LogP contribution in [0, 0.1) is 9.65 Å². The van der Waals surface area contributed by atoms with Gasteiger partial charge in [0.05, 0.1) is 0 Å². The number of hydrogen-bond donors (Lipinski definition) is 1. The van der Waals surface area contributed by atoms with Gasteiger partial charge in [0.2, 0.25) is 5.95 Å². The second-order valence-electron chi connectivity index (χ2n) is 6.03. The van der Waals surface area contributed by atoms with Gasteiger partial charge < -0.3 is 0 Å². The standard InChI is InChI=1S/C16H28FIN2/c1-4-6-8-10-12-16(3,11-9-7-5-2)13-14(17)19-20-15(13)18/h4-12H2,1-3H3,(H,19,20). The Morgan fingerprint density at radius 2 is 1.60 bits per heavy atom. The van der Waals surface area contributed by atoms with Gasteiger partial charge in [-0.1, -0.05) is 65.7 Å². The smallest absolute Gasteiger partial charge is 0.213 e. The highest BCUT2D eigenvalue weighted by atomic mass is 127. The van der Waals surface area contributed by atoms with Crippen LogP contribution in [-0.4, -0.2) is 10.2 Å². The van der Waals surface area contributed by atoms with E-state index in [4.69, 9.17) is 0 Å². The van der Waals surface area contributed by atoms with Crippen molar-refractivity contribution in [1.29, 1.82) is 0 Å². The molecule has 0 aliphatic heterocycles. The summed E-state index contributed by atoms with van der Waals surface area (Å²) >= 11 is 2.15. The van der Waals surface area contributed by atoms with E-state index in [1.54, 1.807) is 0 Å². The Balaban J connectivity index is 2.77. The van der Waals surface area contributed by atoms with Crippen LogP contribution in [-0.2, 0) is 5.41 Å². The number of unbranched alkanes of at least 4 members (excludes halogenated alkanes) is 5. The molecule has 4 heteroatoms. The molecule has 1 unspecified atom stereocenters. The molecule has 0 saturated heterocycles. The van der Waals surface area contributed by atoms with Crippen LogP contribution >= 0.6 is 22.6 Å². The Labute approximate surface area is 136 Å². The lowest BCUT2D eigenvalue weighted by atomic mass is 9.75. The lowest BCUT2D eigenvalue weighted by Crippen LogP contribution is -2.24. The number of H-pyrrole nitrogens is 1. The number of aromatic nitrogens is 2. The molecule has 0 aliphatic carbocycles. The summed E-state index contributed by atoms with van der Waals surface area (Å²) in [6, 6.07) is 0. The Morgan fingerprint density at radius 3 is 2.10 bits per heavy atom. The number of halogens is 2. The van der Waals surface area contributed by atoms with Gasteiger partial charge in [-0.25, -0.2) is 0 Å². The summed E-state index contributed by atoms with van der Waals surface area (Å²) in [6.07, 6.45) is 10.6. The van der Waals surface area contributed by atoms with Crippen molar-refractivity contribution in [3.05, 3.63) is 15.2 Å². The molecule has 0 fully saturated rings. The van der Waals surface area contributed by atoms with Crippen LogP contribution in [0.1, 0.15) is 84.1 Å². The van der Waals surface area contributed by atoms with Gasteiger partial charge in [-0.05, 0) is 40.8 Å². The molecule has 0 spiro atoms. The van der Waals surface area contributed by atoms with Crippen molar-refractivity contribution >= 4 is 22.6 Å². The topological polar surface area (TPSA) is 28.7 Å². The van der Waals surface area contributed by atoms with Crippen LogP contribution in [0.25, 0.3) is 0 Å². The average molecular weight is 394 g/mol. The summed E-state index contributed by atoms with van der Waals surface area (Å²) in [5.41, 5.74) is 0.738. The van der Waals surface area contributed by atoms with E-state index < -0.39 is 0 Å². The van der Waals surface area contributed by atoms with Crippen molar-refractivity contribution in [2.24, 2.45) is 0 Å². The molecule has 1 rings (SSSR count). The van der Waals surface area contributed by atoms with E-state index >= 15 is 0 Å². The van der Waals surface area contributed by atoms with E-state index in [1.807, 2.05) is 0 Å². The van der Waals surface area contributed by atoms with Crippen LogP contribution in [0.5, 0.6) is 0 Å². The summed E-state index contributed by atoms with van der Waals surface area (Å²) in [7, 11) is 0. The highest BCUT2D eigenvalue weighted by molar-refractivity contribution is 14.1. The Bertz CT molecular complexity index is 372. The minimum Gasteiger partial charge on any atom is -0.252 e. The fraction of sp³-hybridized carbons (Fsp3) is 0.812. The van der Waals surface area contributed by atoms with Crippen LogP contribution in [0.15, 0.2) is 0 Å². The van der Waals surface area contributed by atoms with E-state index in [-0.39, 0.29) is 11.4 Å². The molecule has 1 atom stereocenters. The fourth-order valence-corrected chi connectivity index (χ4v) is 3.91. The quantitative estimate of drug-likeness (QED) is 0.385. The Hall–Kier alpha value is -0.130. The first-order chi connectivity index (χ1) is 9.55. The highest BCUT2D eigenvalue weighted by Gasteiger charge is 2.32. The third-order valence-corrected chi connectivity index (χ3v) is 4.98. The number of nitrogens with one attached hydrogen (secondary N) is 1. The second-order valence-corrected chi connectivity index (χ2v) is 7.05. The number of hydrogen-bond acceptors (Lipinski definition) is 1. The molecule has 1 aromatic rings. The Kier molecular flexibility index (Phi) is 8.07. The maximum atomic E-state index is 14.1. The largest absolute Gasteiger partial charge is 0.252 e. The lowest BCUT2D eigenvalue weighted by Gasteiger charge is -2.29. The molecular weight excluding hydrogens is 366 g/mol. The van der Waals surface area contributed by atoms with Gasteiger partial charge in [0.15, 0.2) is 0 Å². The summed E-state index contributed by atoms with van der Waals surface area (Å²) in [5, 5.41) is 6.55. The van der Waals surface area contributed by atoms with E-state index in [0.29, 0.717) is 0 Å². The van der Waals surface area contributed by atoms with E-state index in [1.165, 1.54) is 44.9 Å². The monoisotopic (exact) mass is 394 g/mol. The van der Waals surface area contributed by atoms with Crippen molar-refractivity contribution in [2.75, 3.05) is 0 Å². The summed E-state index contributed by atoms with van der Waals surface area (Å²) in [6.45, 7) is 6.64. The third-order valence-electron chi connectivity index (χ3n) is 4.20. The van der Waals surface area contributed by atoms with Gasteiger partial charge in [0.25, 0.3) is 0 Å². The van der Waals surface area contributed by atoms with Crippen molar-refractivity contribution in [2.45, 2.75) is 84.0 Å². The first-order valence-electron chi connectivity index (χ1n) is 7.95. The maximum Gasteiger partial charge on any atom is 0.213 e. The number of rotatable bonds is 10. The van der Waals surface area contributed by atoms with Crippen LogP contribution in [0.4, 0.5) is 4.39 Å². The lowest BCUT2D eigenvalue weighted by molar-refractivity contribution is 0.350. The van der Waals surface area contributed by atoms with Crippen molar-refractivity contribution < 1.29 is 4.39 Å². The summed E-state index contributed by atoms with van der Waals surface area (Å²) < 4.78 is 14.9. The van der Waals surface area contributed by atoms with Crippen molar-refractivity contribution in [1.82, 2.24) is 10.2 Å². The van der Waals surface area contributed by atoms with E-state index in [9.17, 15) is 4.39 Å². The first-order valence-corrected chi connectivity index (χ1v) is 9.03. The Morgan fingerprint density at radius 1 is 1.05 bits per heavy atom. The molecule has 0 bridgehead atoms. The average Bonchev–Trinajstić information content (AvgIpc) is 2.75. The molecule has 2 nitrogen and oxygen atoms in total. The summed E-state index contributed by atoms with van der Waals surface area (Å²) in [5.74, 6) is -0.233. The molecule has 20 heavy (non-hydrogen) atoms. The normalized spacial score (nSPS) is 14.4. The summed E-state index contributed by atoms with van der Waals surface area (Å²) in [4.78, 5) is 0. The zero-order valence-corrected chi connectivity index (χ0v) is 15.2. The molecule has 1 aromatic heterocycles. The van der Waals surface area contributed by atoms with Gasteiger partial charge in [0, 0.05) is 5.56 Å². The molecule has 0 saturated carbocycles. The molecular formula is C16H28FIN2. The van der Waals surface area contributed by atoms with Gasteiger partial charge in [-0.3, -0.25) is 5.10 Å². The molecule has 1 N–H and O–H groups in total. The van der Waals surface area contributed by atoms with E-state index in [0.717, 1.165) is 22.1 Å². The van der Waals surface area contributed by atoms with Gasteiger partial charge >= 0.3 is 0 Å². The highest BCUT2D eigenvalue weighted by Crippen LogP contribution is 2.38. The third kappa shape index (κ3) is 5.01. The molecule has 0 amide bonds. The number of nitrogens with zero attached hydrogens (tertiary/aromatic N) is 1. The zero-order chi connectivity index (χ0) is 15.0. The van der Waals surface area contributed by atoms with Crippen LogP contribution < -0.4 is 0 Å². The van der Waals surface area contributed by atoms with Gasteiger partial charge in [-0.15, -0.1) is 0 Å². The predicted molar refractivity (Wildman–Crippen MR) is 91.5 cm³/mol. The van der Waals surface area contributed by atoms with E-state index in [2.05, 4.69) is 53.6 Å². The molecule has 116 valence electrons.